The number of nitrogens with zero attached hydrogens (tertiary/aromatic N) is 3. The van der Waals surface area contributed by atoms with Crippen molar-refractivity contribution in [2.45, 2.75) is 45.9 Å². The molecule has 7 nitrogen and oxygen atoms in total. The van der Waals surface area contributed by atoms with Crippen LogP contribution in [0, 0.1) is 0 Å². The third-order valence-electron chi connectivity index (χ3n) is 6.78. The zero-order valence-electron chi connectivity index (χ0n) is 24.2. The molecule has 4 aromatic rings. The quantitative estimate of drug-likeness (QED) is 0.314. The summed E-state index contributed by atoms with van der Waals surface area (Å²) in [5.41, 5.74) is 5.76. The molecule has 0 saturated carbocycles. The summed E-state index contributed by atoms with van der Waals surface area (Å²) in [5, 5.41) is 7.47. The summed E-state index contributed by atoms with van der Waals surface area (Å²) >= 11 is 0. The smallest absolute Gasteiger partial charge is 0.355 e. The first-order valence-corrected chi connectivity index (χ1v) is 13.5. The number of pyridine rings is 1. The Balaban J connectivity index is 1.51. The zero-order chi connectivity index (χ0) is 28.9. The number of nitrogens with one attached hydrogen (secondary N) is 1. The second kappa shape index (κ2) is 12.6. The highest BCUT2D eigenvalue weighted by Gasteiger charge is 2.25. The van der Waals surface area contributed by atoms with Crippen LogP contribution >= 0.6 is 0 Å². The fourth-order valence-corrected chi connectivity index (χ4v) is 4.49. The second-order valence-electron chi connectivity index (χ2n) is 10.9. The van der Waals surface area contributed by atoms with Gasteiger partial charge in [0.2, 0.25) is 5.91 Å². The van der Waals surface area contributed by atoms with Crippen LogP contribution in [0.3, 0.4) is 0 Å². The standard InChI is InChI=1S/C31H36B2N4O3/c1-7-40-26-16-24(20-34-30(26)33(39-6)19-21-11-9-8-10-12-21)22-13-14-23(25(32)15-22)17-29(38)35-28-18-27(31(2,3)4)36-37(28)5/h8-16,18,20H,7,17,19H2,1-6H3,(H,35,38). The Hall–Kier alpha value is -3.84. The molecule has 0 aliphatic rings. The Morgan fingerprint density at radius 2 is 1.82 bits per heavy atom. The number of amides is 1. The molecule has 40 heavy (non-hydrogen) atoms. The van der Waals surface area contributed by atoms with Gasteiger partial charge in [-0.05, 0) is 30.4 Å². The van der Waals surface area contributed by atoms with E-state index in [4.69, 9.17) is 22.2 Å². The third-order valence-corrected chi connectivity index (χ3v) is 6.78. The van der Waals surface area contributed by atoms with Crippen molar-refractivity contribution in [2.24, 2.45) is 7.05 Å². The van der Waals surface area contributed by atoms with Gasteiger partial charge >= 0.3 is 6.92 Å². The molecular formula is C31H36B2N4O3. The molecule has 0 unspecified atom stereocenters. The SMILES string of the molecule is [B]c1cc(-c2cnc(B(Cc3ccccc3)OC)c(OCC)c2)ccc1CC(=O)Nc1cc(C(C)(C)C)nn1C. The molecule has 2 radical (unpaired) electrons. The van der Waals surface area contributed by atoms with E-state index < -0.39 is 0 Å². The lowest BCUT2D eigenvalue weighted by Gasteiger charge is -2.17. The van der Waals surface area contributed by atoms with Crippen LogP contribution in [0.25, 0.3) is 11.1 Å². The maximum absolute atomic E-state index is 12.8. The van der Waals surface area contributed by atoms with Crippen LogP contribution in [0.2, 0.25) is 0 Å². The van der Waals surface area contributed by atoms with E-state index in [1.807, 2.05) is 68.7 Å². The Morgan fingerprint density at radius 1 is 1.07 bits per heavy atom. The van der Waals surface area contributed by atoms with Gasteiger partial charge in [-0.15, -0.1) is 0 Å². The Kier molecular flexibility index (Phi) is 9.15. The third kappa shape index (κ3) is 7.02. The lowest BCUT2D eigenvalue weighted by Crippen LogP contribution is -2.38. The minimum atomic E-state index is -0.247. The molecular weight excluding hydrogens is 498 g/mol. The van der Waals surface area contributed by atoms with Gasteiger partial charge in [0.15, 0.2) is 0 Å². The van der Waals surface area contributed by atoms with E-state index in [0.717, 1.165) is 33.5 Å². The van der Waals surface area contributed by atoms with Crippen LogP contribution in [0.15, 0.2) is 66.9 Å². The van der Waals surface area contributed by atoms with Crippen LogP contribution in [0.5, 0.6) is 5.75 Å². The summed E-state index contributed by atoms with van der Waals surface area (Å²) in [6.45, 7) is 8.47. The Labute approximate surface area is 238 Å². The number of aryl methyl sites for hydroxylation is 1. The Morgan fingerprint density at radius 3 is 2.45 bits per heavy atom. The van der Waals surface area contributed by atoms with Gasteiger partial charge in [0, 0.05) is 37.4 Å². The largest absolute Gasteiger partial charge is 0.493 e. The van der Waals surface area contributed by atoms with E-state index in [1.165, 1.54) is 0 Å². The lowest BCUT2D eigenvalue weighted by atomic mass is 9.59. The van der Waals surface area contributed by atoms with Crippen molar-refractivity contribution in [1.82, 2.24) is 14.8 Å². The van der Waals surface area contributed by atoms with E-state index in [0.29, 0.717) is 30.0 Å². The highest BCUT2D eigenvalue weighted by atomic mass is 16.5. The van der Waals surface area contributed by atoms with Crippen molar-refractivity contribution >= 4 is 37.5 Å². The summed E-state index contributed by atoms with van der Waals surface area (Å²) in [7, 11) is 9.91. The second-order valence-corrected chi connectivity index (χ2v) is 10.9. The average molecular weight is 534 g/mol. The van der Waals surface area contributed by atoms with Gasteiger partial charge < -0.3 is 14.7 Å². The highest BCUT2D eigenvalue weighted by Crippen LogP contribution is 2.25. The minimum absolute atomic E-state index is 0.109. The first-order valence-electron chi connectivity index (χ1n) is 13.5. The molecule has 0 aliphatic carbocycles. The molecule has 2 heterocycles. The molecule has 0 aliphatic heterocycles. The van der Waals surface area contributed by atoms with Crippen molar-refractivity contribution in [3.63, 3.8) is 0 Å². The summed E-state index contributed by atoms with van der Waals surface area (Å²) < 4.78 is 13.5. The molecule has 2 aromatic carbocycles. The van der Waals surface area contributed by atoms with Crippen LogP contribution in [-0.4, -0.2) is 49.2 Å². The molecule has 2 aromatic heterocycles. The van der Waals surface area contributed by atoms with E-state index in [1.54, 1.807) is 11.8 Å². The molecule has 0 atom stereocenters. The predicted molar refractivity (Wildman–Crippen MR) is 163 cm³/mol. The molecule has 0 fully saturated rings. The number of ether oxygens (including phenoxy) is 1. The van der Waals surface area contributed by atoms with Gasteiger partial charge in [-0.3, -0.25) is 14.5 Å². The average Bonchev–Trinajstić information content (AvgIpc) is 3.30. The predicted octanol–water partition coefficient (Wildman–Crippen LogP) is 3.78. The van der Waals surface area contributed by atoms with E-state index in [9.17, 15) is 4.79 Å². The van der Waals surface area contributed by atoms with E-state index in [2.05, 4.69) is 43.3 Å². The van der Waals surface area contributed by atoms with Crippen LogP contribution in [-0.2, 0) is 34.7 Å². The number of hydrogen-bond donors (Lipinski definition) is 1. The number of rotatable bonds is 10. The zero-order valence-corrected chi connectivity index (χ0v) is 24.2. The van der Waals surface area contributed by atoms with Crippen molar-refractivity contribution < 1.29 is 14.2 Å². The van der Waals surface area contributed by atoms with Crippen LogP contribution < -0.4 is 21.1 Å². The molecule has 0 bridgehead atoms. The summed E-state index contributed by atoms with van der Waals surface area (Å²) in [4.78, 5) is 17.6. The monoisotopic (exact) mass is 534 g/mol. The Bertz CT molecular complexity index is 1470. The first-order chi connectivity index (χ1) is 19.1. The van der Waals surface area contributed by atoms with Crippen LogP contribution in [0.1, 0.15) is 44.5 Å². The fraction of sp³-hybridized carbons (Fsp3) is 0.323. The molecule has 204 valence electrons. The van der Waals surface area contributed by atoms with Gasteiger partial charge in [0.25, 0.3) is 0 Å². The maximum Gasteiger partial charge on any atom is 0.355 e. The van der Waals surface area contributed by atoms with Gasteiger partial charge in [-0.1, -0.05) is 80.3 Å². The lowest BCUT2D eigenvalue weighted by molar-refractivity contribution is -0.115. The van der Waals surface area contributed by atoms with E-state index in [-0.39, 0.29) is 24.7 Å². The topological polar surface area (TPSA) is 78.3 Å². The maximum atomic E-state index is 12.8. The van der Waals surface area contributed by atoms with Crippen molar-refractivity contribution in [1.29, 1.82) is 0 Å². The molecule has 0 saturated heterocycles. The van der Waals surface area contributed by atoms with Gasteiger partial charge in [0.05, 0.1) is 24.3 Å². The number of aromatic nitrogens is 3. The number of hydrogen-bond acceptors (Lipinski definition) is 5. The van der Waals surface area contributed by atoms with E-state index >= 15 is 0 Å². The summed E-state index contributed by atoms with van der Waals surface area (Å²) in [6, 6.07) is 19.8. The van der Waals surface area contributed by atoms with Gasteiger partial charge in [-0.2, -0.15) is 5.10 Å². The number of benzene rings is 2. The summed E-state index contributed by atoms with van der Waals surface area (Å²) in [6.07, 6.45) is 2.65. The van der Waals surface area contributed by atoms with Crippen molar-refractivity contribution in [3.05, 3.63) is 83.7 Å². The summed E-state index contributed by atoms with van der Waals surface area (Å²) in [5.74, 6) is 1.17. The molecule has 1 amide bonds. The van der Waals surface area contributed by atoms with Gasteiger partial charge in [-0.25, -0.2) is 0 Å². The van der Waals surface area contributed by atoms with Crippen molar-refractivity contribution in [2.75, 3.05) is 19.0 Å². The molecule has 4 rings (SSSR count). The highest BCUT2D eigenvalue weighted by molar-refractivity contribution is 6.66. The minimum Gasteiger partial charge on any atom is -0.493 e. The number of carbonyl (C=O) groups is 1. The first kappa shape index (κ1) is 29.2. The number of anilines is 1. The molecule has 0 spiro atoms. The van der Waals surface area contributed by atoms with Crippen LogP contribution in [0.4, 0.5) is 5.82 Å². The fourth-order valence-electron chi connectivity index (χ4n) is 4.49. The normalized spacial score (nSPS) is 11.3. The number of carbonyl (C=O) groups excluding carboxylic acids is 1. The molecule has 9 heteroatoms. The molecule has 1 N–H and O–H groups in total. The van der Waals surface area contributed by atoms with Gasteiger partial charge in [0.1, 0.15) is 19.4 Å². The van der Waals surface area contributed by atoms with Crippen molar-refractivity contribution in [3.8, 4) is 16.9 Å².